The molecule has 0 aliphatic heterocycles. The van der Waals surface area contributed by atoms with E-state index in [0.29, 0.717) is 11.9 Å². The average Bonchev–Trinajstić information content (AvgIpc) is 3.15. The fourth-order valence-corrected chi connectivity index (χ4v) is 5.33. The summed E-state index contributed by atoms with van der Waals surface area (Å²) in [5.74, 6) is -0.972. The highest BCUT2D eigenvalue weighted by Gasteiger charge is 2.29. The SMILES string of the molecule is CC(C)CC(NS(=O)(=O)c1ccc2c(c1)oc(=O)n2C)C(=O)NC(c1ccccc1)c1ccccc1. The maximum absolute atomic E-state index is 13.5. The fraction of sp³-hybridized carbons (Fsp3) is 0.259. The fourth-order valence-electron chi connectivity index (χ4n) is 4.11. The molecule has 9 heteroatoms. The molecule has 0 aliphatic carbocycles. The Morgan fingerprint density at radius 2 is 1.53 bits per heavy atom. The molecule has 36 heavy (non-hydrogen) atoms. The number of rotatable bonds is 9. The van der Waals surface area contributed by atoms with Crippen molar-refractivity contribution in [3.8, 4) is 0 Å². The van der Waals surface area contributed by atoms with Gasteiger partial charge in [-0.05, 0) is 35.6 Å². The third-order valence-corrected chi connectivity index (χ3v) is 7.42. The van der Waals surface area contributed by atoms with E-state index in [1.165, 1.54) is 22.8 Å². The Morgan fingerprint density at radius 1 is 0.944 bits per heavy atom. The third-order valence-electron chi connectivity index (χ3n) is 5.95. The number of hydrogen-bond acceptors (Lipinski definition) is 5. The van der Waals surface area contributed by atoms with Gasteiger partial charge in [-0.15, -0.1) is 0 Å². The van der Waals surface area contributed by atoms with Gasteiger partial charge in [0.15, 0.2) is 5.58 Å². The number of benzene rings is 3. The molecule has 2 N–H and O–H groups in total. The zero-order valence-corrected chi connectivity index (χ0v) is 21.2. The van der Waals surface area contributed by atoms with Crippen molar-refractivity contribution >= 4 is 27.0 Å². The van der Waals surface area contributed by atoms with Gasteiger partial charge in [-0.25, -0.2) is 13.2 Å². The average molecular weight is 508 g/mol. The number of hydrogen-bond donors (Lipinski definition) is 2. The summed E-state index contributed by atoms with van der Waals surface area (Å²) < 4.78 is 35.5. The van der Waals surface area contributed by atoms with Crippen LogP contribution in [0.25, 0.3) is 11.1 Å². The van der Waals surface area contributed by atoms with Gasteiger partial charge in [0.25, 0.3) is 0 Å². The van der Waals surface area contributed by atoms with Crippen LogP contribution < -0.4 is 15.8 Å². The molecular formula is C27H29N3O5S. The van der Waals surface area contributed by atoms with Crippen LogP contribution in [0.15, 0.2) is 93.0 Å². The van der Waals surface area contributed by atoms with Crippen LogP contribution in [0.5, 0.6) is 0 Å². The maximum Gasteiger partial charge on any atom is 0.419 e. The molecular weight excluding hydrogens is 478 g/mol. The first-order valence-electron chi connectivity index (χ1n) is 11.7. The van der Waals surface area contributed by atoms with Crippen LogP contribution in [0.2, 0.25) is 0 Å². The topological polar surface area (TPSA) is 110 Å². The number of nitrogens with zero attached hydrogens (tertiary/aromatic N) is 1. The van der Waals surface area contributed by atoms with Crippen LogP contribution >= 0.6 is 0 Å². The number of amides is 1. The number of nitrogens with one attached hydrogen (secondary N) is 2. The number of aromatic nitrogens is 1. The summed E-state index contributed by atoms with van der Waals surface area (Å²) in [6.07, 6.45) is 0.296. The molecule has 1 aromatic heterocycles. The van der Waals surface area contributed by atoms with Gasteiger partial charge in [-0.2, -0.15) is 4.72 Å². The van der Waals surface area contributed by atoms with Gasteiger partial charge in [0.1, 0.15) is 6.04 Å². The molecule has 0 aliphatic rings. The molecule has 4 rings (SSSR count). The molecule has 1 amide bonds. The summed E-state index contributed by atoms with van der Waals surface area (Å²) in [7, 11) is -2.55. The zero-order chi connectivity index (χ0) is 25.9. The number of fused-ring (bicyclic) bond motifs is 1. The second-order valence-corrected chi connectivity index (χ2v) is 10.8. The Kier molecular flexibility index (Phi) is 7.42. The molecule has 0 saturated heterocycles. The molecule has 1 heterocycles. The van der Waals surface area contributed by atoms with E-state index in [-0.39, 0.29) is 16.4 Å². The highest BCUT2D eigenvalue weighted by Crippen LogP contribution is 2.23. The Labute approximate surface area is 210 Å². The van der Waals surface area contributed by atoms with Crippen LogP contribution in [0.4, 0.5) is 0 Å². The predicted octanol–water partition coefficient (Wildman–Crippen LogP) is 3.73. The molecule has 8 nitrogen and oxygen atoms in total. The van der Waals surface area contributed by atoms with Gasteiger partial charge in [0.2, 0.25) is 15.9 Å². The van der Waals surface area contributed by atoms with Crippen LogP contribution in [0.1, 0.15) is 37.4 Å². The standard InChI is InChI=1S/C27H29N3O5S/c1-18(2)16-22(29-36(33,34)21-14-15-23-24(17-21)35-27(32)30(23)3)26(31)28-25(19-10-6-4-7-11-19)20-12-8-5-9-13-20/h4-15,17-18,22,25,29H,16H2,1-3H3,(H,28,31). The second kappa shape index (κ2) is 10.5. The summed E-state index contributed by atoms with van der Waals surface area (Å²) in [6, 6.07) is 21.8. The molecule has 1 atom stereocenters. The molecule has 0 spiro atoms. The Balaban J connectivity index is 1.63. The van der Waals surface area contributed by atoms with Crippen molar-refractivity contribution in [2.75, 3.05) is 0 Å². The molecule has 1 unspecified atom stereocenters. The van der Waals surface area contributed by atoms with E-state index >= 15 is 0 Å². The number of carbonyl (C=O) groups is 1. The van der Waals surface area contributed by atoms with E-state index in [1.54, 1.807) is 7.05 Å². The molecule has 188 valence electrons. The summed E-state index contributed by atoms with van der Waals surface area (Å²) in [4.78, 5) is 25.2. The van der Waals surface area contributed by atoms with E-state index in [9.17, 15) is 18.0 Å². The van der Waals surface area contributed by atoms with Crippen LogP contribution in [0, 0.1) is 5.92 Å². The van der Waals surface area contributed by atoms with Gasteiger partial charge in [0, 0.05) is 13.1 Å². The van der Waals surface area contributed by atoms with Crippen molar-refractivity contribution in [3.05, 3.63) is 101 Å². The second-order valence-electron chi connectivity index (χ2n) is 9.12. The number of aryl methyl sites for hydroxylation is 1. The Morgan fingerprint density at radius 3 is 2.08 bits per heavy atom. The lowest BCUT2D eigenvalue weighted by Gasteiger charge is -2.25. The predicted molar refractivity (Wildman–Crippen MR) is 138 cm³/mol. The highest BCUT2D eigenvalue weighted by atomic mass is 32.2. The van der Waals surface area contributed by atoms with Crippen molar-refractivity contribution in [2.24, 2.45) is 13.0 Å². The number of oxazole rings is 1. The summed E-state index contributed by atoms with van der Waals surface area (Å²) in [5.41, 5.74) is 2.40. The maximum atomic E-state index is 13.5. The van der Waals surface area contributed by atoms with Crippen LogP contribution in [-0.2, 0) is 21.9 Å². The lowest BCUT2D eigenvalue weighted by molar-refractivity contribution is -0.123. The van der Waals surface area contributed by atoms with Gasteiger partial charge in [0.05, 0.1) is 16.5 Å². The first-order valence-corrected chi connectivity index (χ1v) is 13.2. The van der Waals surface area contributed by atoms with Crippen LogP contribution in [0.3, 0.4) is 0 Å². The molecule has 0 bridgehead atoms. The molecule has 0 radical (unpaired) electrons. The van der Waals surface area contributed by atoms with Crippen LogP contribution in [-0.4, -0.2) is 24.9 Å². The number of sulfonamides is 1. The van der Waals surface area contributed by atoms with Gasteiger partial charge in [-0.1, -0.05) is 74.5 Å². The van der Waals surface area contributed by atoms with Gasteiger partial charge in [-0.3, -0.25) is 9.36 Å². The third kappa shape index (κ3) is 5.58. The van der Waals surface area contributed by atoms with Gasteiger partial charge >= 0.3 is 5.76 Å². The van der Waals surface area contributed by atoms with E-state index in [1.807, 2.05) is 74.5 Å². The van der Waals surface area contributed by atoms with E-state index in [2.05, 4.69) is 10.0 Å². The molecule has 4 aromatic rings. The Hall–Kier alpha value is -3.69. The first kappa shape index (κ1) is 25.4. The lowest BCUT2D eigenvalue weighted by atomic mass is 9.97. The molecule has 0 saturated carbocycles. The Bertz CT molecular complexity index is 1470. The first-order chi connectivity index (χ1) is 17.2. The molecule has 0 fully saturated rings. The van der Waals surface area contributed by atoms with E-state index in [0.717, 1.165) is 11.1 Å². The minimum atomic E-state index is -4.09. The smallest absolute Gasteiger partial charge is 0.408 e. The zero-order valence-electron chi connectivity index (χ0n) is 20.3. The normalized spacial score (nSPS) is 12.8. The highest BCUT2D eigenvalue weighted by molar-refractivity contribution is 7.89. The monoisotopic (exact) mass is 507 g/mol. The van der Waals surface area contributed by atoms with Gasteiger partial charge < -0.3 is 9.73 Å². The summed E-state index contributed by atoms with van der Waals surface area (Å²) in [5, 5.41) is 3.04. The minimum Gasteiger partial charge on any atom is -0.408 e. The van der Waals surface area contributed by atoms with Crippen molar-refractivity contribution < 1.29 is 17.6 Å². The van der Waals surface area contributed by atoms with E-state index in [4.69, 9.17) is 4.42 Å². The van der Waals surface area contributed by atoms with Crippen molar-refractivity contribution in [1.82, 2.24) is 14.6 Å². The van der Waals surface area contributed by atoms with Crippen molar-refractivity contribution in [3.63, 3.8) is 0 Å². The number of carbonyl (C=O) groups excluding carboxylic acids is 1. The quantitative estimate of drug-likeness (QED) is 0.359. The van der Waals surface area contributed by atoms with Crippen molar-refractivity contribution in [1.29, 1.82) is 0 Å². The van der Waals surface area contributed by atoms with E-state index < -0.39 is 33.8 Å². The largest absolute Gasteiger partial charge is 0.419 e. The van der Waals surface area contributed by atoms with Crippen molar-refractivity contribution in [2.45, 2.75) is 37.2 Å². The minimum absolute atomic E-state index is 0.0463. The molecule has 3 aromatic carbocycles. The lowest BCUT2D eigenvalue weighted by Crippen LogP contribution is -2.48. The summed E-state index contributed by atoms with van der Waals surface area (Å²) in [6.45, 7) is 3.84. The summed E-state index contributed by atoms with van der Waals surface area (Å²) >= 11 is 0.